The zero-order valence-electron chi connectivity index (χ0n) is 39.8. The van der Waals surface area contributed by atoms with Gasteiger partial charge in [-0.15, -0.1) is 0 Å². The van der Waals surface area contributed by atoms with Crippen molar-refractivity contribution < 1.29 is 32.9 Å². The Morgan fingerprint density at radius 2 is 0.915 bits per heavy atom. The second-order valence-electron chi connectivity index (χ2n) is 18.5. The van der Waals surface area contributed by atoms with Gasteiger partial charge in [-0.2, -0.15) is 0 Å². The third-order valence-corrected chi connectivity index (χ3v) is 12.4. The first-order valence-corrected chi connectivity index (χ1v) is 26.7. The van der Waals surface area contributed by atoms with Crippen LogP contribution in [0.1, 0.15) is 239 Å². The number of likely N-dealkylation sites (N-methyl/N-ethyl adjacent to an activating group) is 1. The summed E-state index contributed by atoms with van der Waals surface area (Å²) in [7, 11) is 1.58. The van der Waals surface area contributed by atoms with Crippen molar-refractivity contribution in [1.29, 1.82) is 0 Å². The second-order valence-corrected chi connectivity index (χ2v) is 20.0. The molecule has 0 aromatic carbocycles. The van der Waals surface area contributed by atoms with E-state index < -0.39 is 20.0 Å². The number of carbonyl (C=O) groups is 1. The Balaban J connectivity index is 4.32. The van der Waals surface area contributed by atoms with E-state index in [9.17, 15) is 19.4 Å². The fraction of sp³-hybridized carbons (Fsp3) is 0.900. The number of unbranched alkanes of at least 4 members (excludes halogenated alkanes) is 31. The van der Waals surface area contributed by atoms with Gasteiger partial charge in [0.15, 0.2) is 0 Å². The van der Waals surface area contributed by atoms with Crippen molar-refractivity contribution in [2.24, 2.45) is 0 Å². The molecule has 59 heavy (non-hydrogen) atoms. The van der Waals surface area contributed by atoms with Crippen molar-refractivity contribution in [2.75, 3.05) is 40.9 Å². The minimum atomic E-state index is -4.34. The molecule has 0 heterocycles. The van der Waals surface area contributed by atoms with Crippen molar-refractivity contribution >= 4 is 13.7 Å². The Labute approximate surface area is 366 Å². The highest BCUT2D eigenvalue weighted by Crippen LogP contribution is 2.43. The highest BCUT2D eigenvalue weighted by molar-refractivity contribution is 7.47. The summed E-state index contributed by atoms with van der Waals surface area (Å²) < 4.78 is 23.6. The van der Waals surface area contributed by atoms with Crippen LogP contribution >= 0.6 is 7.82 Å². The Hall–Kier alpha value is -1.02. The summed E-state index contributed by atoms with van der Waals surface area (Å²) in [5, 5.41) is 13.9. The molecular formula is C50H100N2O6P+. The molecule has 0 aliphatic heterocycles. The average Bonchev–Trinajstić information content (AvgIpc) is 3.19. The van der Waals surface area contributed by atoms with Crippen LogP contribution in [-0.4, -0.2) is 73.4 Å². The van der Waals surface area contributed by atoms with E-state index in [0.717, 1.165) is 38.5 Å². The highest BCUT2D eigenvalue weighted by atomic mass is 31.2. The van der Waals surface area contributed by atoms with Crippen LogP contribution in [0.2, 0.25) is 0 Å². The number of nitrogens with zero attached hydrogens (tertiary/aromatic N) is 1. The van der Waals surface area contributed by atoms with Crippen LogP contribution in [0.4, 0.5) is 0 Å². The molecule has 0 aromatic heterocycles. The number of phosphoric acid groups is 1. The number of aliphatic hydroxyl groups is 1. The first-order valence-electron chi connectivity index (χ1n) is 25.2. The van der Waals surface area contributed by atoms with Crippen molar-refractivity contribution in [3.05, 3.63) is 24.3 Å². The predicted molar refractivity (Wildman–Crippen MR) is 254 cm³/mol. The first-order chi connectivity index (χ1) is 28.5. The fourth-order valence-corrected chi connectivity index (χ4v) is 8.13. The molecule has 9 heteroatoms. The molecule has 350 valence electrons. The number of nitrogens with one attached hydrogen (secondary N) is 1. The molecule has 3 unspecified atom stereocenters. The quantitative estimate of drug-likeness (QED) is 0.0244. The van der Waals surface area contributed by atoms with Crippen LogP contribution in [0.5, 0.6) is 0 Å². The molecule has 8 nitrogen and oxygen atoms in total. The summed E-state index contributed by atoms with van der Waals surface area (Å²) in [6.07, 6.45) is 51.1. The molecule has 3 N–H and O–H groups in total. The molecule has 0 aromatic rings. The van der Waals surface area contributed by atoms with Crippen LogP contribution in [0, 0.1) is 0 Å². The molecule has 0 rings (SSSR count). The van der Waals surface area contributed by atoms with Gasteiger partial charge in [0, 0.05) is 6.42 Å². The van der Waals surface area contributed by atoms with Gasteiger partial charge in [0.25, 0.3) is 0 Å². The lowest BCUT2D eigenvalue weighted by Gasteiger charge is -2.25. The van der Waals surface area contributed by atoms with Gasteiger partial charge < -0.3 is 19.8 Å². The van der Waals surface area contributed by atoms with Crippen LogP contribution in [0.25, 0.3) is 0 Å². The van der Waals surface area contributed by atoms with Crippen LogP contribution in [0.3, 0.4) is 0 Å². The number of phosphoric ester groups is 1. The summed E-state index contributed by atoms with van der Waals surface area (Å²) in [5.74, 6) is -0.179. The smallest absolute Gasteiger partial charge is 0.387 e. The number of rotatable bonds is 46. The van der Waals surface area contributed by atoms with E-state index in [1.54, 1.807) is 6.08 Å². The van der Waals surface area contributed by atoms with Gasteiger partial charge in [-0.3, -0.25) is 13.8 Å². The van der Waals surface area contributed by atoms with E-state index in [0.29, 0.717) is 17.4 Å². The van der Waals surface area contributed by atoms with E-state index in [2.05, 4.69) is 31.3 Å². The molecule has 3 atom stereocenters. The number of quaternary nitrogens is 1. The lowest BCUT2D eigenvalue weighted by molar-refractivity contribution is -0.870. The summed E-state index contributed by atoms with van der Waals surface area (Å²) in [4.78, 5) is 23.2. The van der Waals surface area contributed by atoms with Gasteiger partial charge in [-0.25, -0.2) is 4.57 Å². The third kappa shape index (κ3) is 44.8. The van der Waals surface area contributed by atoms with Crippen molar-refractivity contribution in [3.63, 3.8) is 0 Å². The van der Waals surface area contributed by atoms with Crippen LogP contribution in [-0.2, 0) is 18.4 Å². The molecule has 0 aliphatic rings. The third-order valence-electron chi connectivity index (χ3n) is 11.4. The molecule has 0 saturated carbocycles. The zero-order chi connectivity index (χ0) is 43.6. The molecule has 0 fully saturated rings. The maximum Gasteiger partial charge on any atom is 0.472 e. The summed E-state index contributed by atoms with van der Waals surface area (Å²) in [5.41, 5.74) is 0. The Morgan fingerprint density at radius 1 is 0.559 bits per heavy atom. The van der Waals surface area contributed by atoms with E-state index in [1.165, 1.54) is 180 Å². The van der Waals surface area contributed by atoms with E-state index in [1.807, 2.05) is 27.2 Å². The number of amides is 1. The highest BCUT2D eigenvalue weighted by Gasteiger charge is 2.27. The van der Waals surface area contributed by atoms with Crippen molar-refractivity contribution in [1.82, 2.24) is 5.32 Å². The van der Waals surface area contributed by atoms with Gasteiger partial charge >= 0.3 is 7.82 Å². The minimum absolute atomic E-state index is 0.0620. The van der Waals surface area contributed by atoms with Gasteiger partial charge in [0.1, 0.15) is 13.2 Å². The molecule has 0 aliphatic carbocycles. The number of hydrogen-bond donors (Lipinski definition) is 3. The van der Waals surface area contributed by atoms with Crippen LogP contribution < -0.4 is 5.32 Å². The average molecular weight is 856 g/mol. The van der Waals surface area contributed by atoms with E-state index >= 15 is 0 Å². The number of aliphatic hydroxyl groups excluding tert-OH is 1. The van der Waals surface area contributed by atoms with Crippen LogP contribution in [0.15, 0.2) is 24.3 Å². The summed E-state index contributed by atoms with van der Waals surface area (Å²) >= 11 is 0. The lowest BCUT2D eigenvalue weighted by atomic mass is 10.0. The first kappa shape index (κ1) is 58.0. The van der Waals surface area contributed by atoms with Gasteiger partial charge in [-0.1, -0.05) is 212 Å². The number of allylic oxidation sites excluding steroid dienone is 3. The number of hydrogen-bond acceptors (Lipinski definition) is 5. The topological polar surface area (TPSA) is 105 Å². The van der Waals surface area contributed by atoms with Crippen molar-refractivity contribution in [2.45, 2.75) is 251 Å². The molecule has 0 radical (unpaired) electrons. The Bertz CT molecular complexity index is 1020. The zero-order valence-corrected chi connectivity index (χ0v) is 40.7. The summed E-state index contributed by atoms with van der Waals surface area (Å²) in [6.45, 7) is 4.83. The van der Waals surface area contributed by atoms with E-state index in [4.69, 9.17) is 9.05 Å². The second kappa shape index (κ2) is 42.3. The Kier molecular flexibility index (Phi) is 41.6. The fourth-order valence-electron chi connectivity index (χ4n) is 7.39. The van der Waals surface area contributed by atoms with Gasteiger partial charge in [-0.05, 0) is 44.9 Å². The normalized spacial score (nSPS) is 14.4. The molecule has 0 spiro atoms. The monoisotopic (exact) mass is 856 g/mol. The maximum atomic E-state index is 12.9. The predicted octanol–water partition coefficient (Wildman–Crippen LogP) is 14.5. The minimum Gasteiger partial charge on any atom is -0.387 e. The molecular weight excluding hydrogens is 756 g/mol. The largest absolute Gasteiger partial charge is 0.472 e. The van der Waals surface area contributed by atoms with Gasteiger partial charge in [0.05, 0.1) is 39.9 Å². The molecule has 0 saturated heterocycles. The summed E-state index contributed by atoms with van der Waals surface area (Å²) in [6, 6.07) is -0.846. The maximum absolute atomic E-state index is 12.9. The molecule has 0 bridgehead atoms. The Morgan fingerprint density at radius 3 is 1.31 bits per heavy atom. The lowest BCUT2D eigenvalue weighted by Crippen LogP contribution is -2.45. The standard InChI is InChI=1S/C50H99N2O6P/c1-6-8-10-12-14-16-18-20-22-24-25-26-28-30-32-34-36-38-40-42-44-50(54)51-48(47-58-59(55,56)57-46-45-52(3,4)5)49(53)43-41-39-37-35-33-31-29-27-23-21-19-17-15-13-11-9-7-2/h25-26,41,43,48-49,53H,6-24,27-40,42,44-47H2,1-5H3,(H-,51,54,55,56)/p+1/b26-25-,43-41+. The van der Waals surface area contributed by atoms with Crippen molar-refractivity contribution in [3.8, 4) is 0 Å². The van der Waals surface area contributed by atoms with E-state index in [-0.39, 0.29) is 19.1 Å². The molecule has 1 amide bonds. The van der Waals surface area contributed by atoms with Gasteiger partial charge in [0.2, 0.25) is 5.91 Å². The SMILES string of the molecule is CCCCCCCCCCC/C=C\CCCCCCCCCC(=O)NC(COP(=O)(O)OCC[N+](C)(C)C)C(O)/C=C/CCCCCCCCCCCCCCCCC. The number of carbonyl (C=O) groups excluding carboxylic acids is 1.